The minimum Gasteiger partial charge on any atom is -0.481 e. The van der Waals surface area contributed by atoms with Crippen LogP contribution in [0.2, 0.25) is 0 Å². The summed E-state index contributed by atoms with van der Waals surface area (Å²) in [5.74, 6) is -1.79. The fourth-order valence-corrected chi connectivity index (χ4v) is 2.97. The van der Waals surface area contributed by atoms with E-state index in [0.717, 1.165) is 0 Å². The molecule has 2 unspecified atom stereocenters. The third kappa shape index (κ3) is 5.32. The Morgan fingerprint density at radius 3 is 2.14 bits per heavy atom. The maximum absolute atomic E-state index is 12.7. The van der Waals surface area contributed by atoms with E-state index in [0.29, 0.717) is 0 Å². The number of ketones is 1. The van der Waals surface area contributed by atoms with Crippen molar-refractivity contribution in [3.8, 4) is 0 Å². The average molecular weight is 336 g/mol. The first-order valence-corrected chi connectivity index (χ1v) is 7.35. The van der Waals surface area contributed by atoms with Gasteiger partial charge in [0.1, 0.15) is 5.78 Å². The lowest BCUT2D eigenvalue weighted by Crippen LogP contribution is -2.45. The van der Waals surface area contributed by atoms with Crippen molar-refractivity contribution in [2.75, 3.05) is 0 Å². The molecule has 7 heteroatoms. The van der Waals surface area contributed by atoms with Gasteiger partial charge in [-0.05, 0) is 25.8 Å². The molecule has 0 radical (unpaired) electrons. The van der Waals surface area contributed by atoms with E-state index in [1.54, 1.807) is 26.8 Å². The van der Waals surface area contributed by atoms with Gasteiger partial charge in [0.15, 0.2) is 0 Å². The van der Waals surface area contributed by atoms with Gasteiger partial charge in [0.2, 0.25) is 0 Å². The Morgan fingerprint density at radius 2 is 1.81 bits per heavy atom. The van der Waals surface area contributed by atoms with E-state index in [1.807, 2.05) is 6.92 Å². The number of carbonyl (C=O) groups is 2. The molecule has 5 nitrogen and oxygen atoms in total. The number of Topliss-reactive ketones (excluding diaryl/α,β-unsaturated/α-hetero) is 1. The van der Waals surface area contributed by atoms with E-state index in [4.69, 9.17) is 13.5 Å². The maximum Gasteiger partial charge on any atom is 0.306 e. The van der Waals surface area contributed by atoms with Crippen LogP contribution in [0.25, 0.3) is 0 Å². The van der Waals surface area contributed by atoms with Crippen LogP contribution in [0.5, 0.6) is 0 Å². The van der Waals surface area contributed by atoms with Crippen LogP contribution in [-0.2, 0) is 18.0 Å². The topological polar surface area (TPSA) is 72.8 Å². The molecule has 0 bridgehead atoms. The summed E-state index contributed by atoms with van der Waals surface area (Å²) < 4.78 is 10.0. The molecular formula is C14H24O5S2. The van der Waals surface area contributed by atoms with E-state index in [1.165, 1.54) is 0 Å². The SMILES string of the molecule is C=C[C@H](C)C(OS)C(C)C(=O)C(C)(C)[C@H](CC(=O)O)OS. The van der Waals surface area contributed by atoms with E-state index >= 15 is 0 Å². The summed E-state index contributed by atoms with van der Waals surface area (Å²) >= 11 is 7.53. The molecule has 0 fully saturated rings. The molecule has 0 saturated heterocycles. The Hall–Kier alpha value is -0.500. The zero-order chi connectivity index (χ0) is 16.8. The summed E-state index contributed by atoms with van der Waals surface area (Å²) in [6, 6.07) is 0. The second-order valence-corrected chi connectivity index (χ2v) is 6.15. The second kappa shape index (κ2) is 8.82. The number of hydrogen-bond acceptors (Lipinski definition) is 6. The fourth-order valence-electron chi connectivity index (χ4n) is 2.25. The highest BCUT2D eigenvalue weighted by molar-refractivity contribution is 7.75. The predicted molar refractivity (Wildman–Crippen MR) is 87.3 cm³/mol. The number of hydrogen-bond donors (Lipinski definition) is 3. The predicted octanol–water partition coefficient (Wildman–Crippen LogP) is 2.97. The molecule has 0 aliphatic carbocycles. The zero-order valence-corrected chi connectivity index (χ0v) is 14.6. The van der Waals surface area contributed by atoms with Crippen molar-refractivity contribution < 1.29 is 23.1 Å². The monoisotopic (exact) mass is 336 g/mol. The lowest BCUT2D eigenvalue weighted by molar-refractivity contribution is -0.144. The highest BCUT2D eigenvalue weighted by Crippen LogP contribution is 2.34. The van der Waals surface area contributed by atoms with Gasteiger partial charge in [0.05, 0.1) is 24.0 Å². The standard InChI is InChI=1S/C14H24O5S2/c1-6-8(2)12(19-21)9(3)13(17)14(4,5)10(18-20)7-11(15)16/h6,8-10,12,20-21H,1,7H2,2-5H3,(H,15,16)/t8-,9?,10-,12?/m0/s1. The Balaban J connectivity index is 5.25. The summed E-state index contributed by atoms with van der Waals surface area (Å²) in [6.45, 7) is 10.6. The largest absolute Gasteiger partial charge is 0.481 e. The quantitative estimate of drug-likeness (QED) is 0.325. The Bertz CT molecular complexity index is 384. The number of carbonyl (C=O) groups excluding carboxylic acids is 1. The van der Waals surface area contributed by atoms with E-state index in [-0.39, 0.29) is 18.1 Å². The van der Waals surface area contributed by atoms with Crippen molar-refractivity contribution in [2.45, 2.75) is 46.3 Å². The lowest BCUT2D eigenvalue weighted by Gasteiger charge is -2.35. The first-order chi connectivity index (χ1) is 9.63. The Labute approximate surface area is 137 Å². The van der Waals surface area contributed by atoms with Gasteiger partial charge in [-0.25, -0.2) is 0 Å². The number of carboxylic acid groups (broad SMARTS) is 1. The molecule has 0 aliphatic rings. The van der Waals surface area contributed by atoms with Crippen molar-refractivity contribution in [2.24, 2.45) is 17.3 Å². The number of rotatable bonds is 10. The first kappa shape index (κ1) is 20.5. The Morgan fingerprint density at radius 1 is 1.29 bits per heavy atom. The van der Waals surface area contributed by atoms with Crippen molar-refractivity contribution in [1.29, 1.82) is 0 Å². The molecular weight excluding hydrogens is 312 g/mol. The average Bonchev–Trinajstić information content (AvgIpc) is 2.43. The van der Waals surface area contributed by atoms with Crippen molar-refractivity contribution >= 4 is 37.6 Å². The van der Waals surface area contributed by atoms with Crippen LogP contribution in [0, 0.1) is 17.3 Å². The zero-order valence-electron chi connectivity index (χ0n) is 12.8. The van der Waals surface area contributed by atoms with E-state index < -0.39 is 29.5 Å². The molecule has 0 aromatic carbocycles. The molecule has 0 saturated carbocycles. The minimum atomic E-state index is -1.05. The molecule has 0 aliphatic heterocycles. The molecule has 1 N–H and O–H groups in total. The fraction of sp³-hybridized carbons (Fsp3) is 0.714. The number of thiol groups is 2. The summed E-state index contributed by atoms with van der Waals surface area (Å²) in [7, 11) is 0. The smallest absolute Gasteiger partial charge is 0.306 e. The molecule has 0 rings (SSSR count). The minimum absolute atomic E-state index is 0.0768. The van der Waals surface area contributed by atoms with Crippen molar-refractivity contribution in [3.63, 3.8) is 0 Å². The number of carboxylic acids is 1. The van der Waals surface area contributed by atoms with Gasteiger partial charge in [-0.2, -0.15) is 0 Å². The van der Waals surface area contributed by atoms with Crippen LogP contribution in [0.3, 0.4) is 0 Å². The summed E-state index contributed by atoms with van der Waals surface area (Å²) in [5, 5.41) is 8.90. The van der Waals surface area contributed by atoms with Crippen LogP contribution in [0.4, 0.5) is 0 Å². The van der Waals surface area contributed by atoms with Gasteiger partial charge in [-0.1, -0.05) is 33.8 Å². The summed E-state index contributed by atoms with van der Waals surface area (Å²) in [5.41, 5.74) is -1.02. The van der Waals surface area contributed by atoms with E-state index in [2.05, 4.69) is 32.4 Å². The first-order valence-electron chi connectivity index (χ1n) is 6.62. The highest BCUT2D eigenvalue weighted by Gasteiger charge is 2.43. The third-order valence-electron chi connectivity index (χ3n) is 3.85. The van der Waals surface area contributed by atoms with Gasteiger partial charge >= 0.3 is 5.97 Å². The number of aliphatic carboxylic acids is 1. The van der Waals surface area contributed by atoms with Crippen LogP contribution in [0.15, 0.2) is 12.7 Å². The molecule has 0 spiro atoms. The van der Waals surface area contributed by atoms with Crippen LogP contribution in [0.1, 0.15) is 34.1 Å². The molecule has 0 aromatic heterocycles. The normalized spacial score (nSPS) is 17.6. The van der Waals surface area contributed by atoms with Gasteiger partial charge < -0.3 is 13.5 Å². The molecule has 122 valence electrons. The van der Waals surface area contributed by atoms with Crippen LogP contribution < -0.4 is 0 Å². The van der Waals surface area contributed by atoms with Crippen LogP contribution in [-0.4, -0.2) is 29.1 Å². The third-order valence-corrected chi connectivity index (χ3v) is 4.34. The van der Waals surface area contributed by atoms with Crippen molar-refractivity contribution in [1.82, 2.24) is 0 Å². The molecule has 0 heterocycles. The van der Waals surface area contributed by atoms with E-state index in [9.17, 15) is 9.59 Å². The van der Waals surface area contributed by atoms with Crippen LogP contribution >= 0.6 is 25.8 Å². The van der Waals surface area contributed by atoms with Crippen molar-refractivity contribution in [3.05, 3.63) is 12.7 Å². The summed E-state index contributed by atoms with van der Waals surface area (Å²) in [4.78, 5) is 23.6. The molecule has 0 aromatic rings. The van der Waals surface area contributed by atoms with Gasteiger partial charge in [0.25, 0.3) is 0 Å². The maximum atomic E-state index is 12.7. The lowest BCUT2D eigenvalue weighted by atomic mass is 9.73. The Kier molecular flexibility index (Phi) is 8.61. The second-order valence-electron chi connectivity index (χ2n) is 5.73. The van der Waals surface area contributed by atoms with Gasteiger partial charge in [-0.15, -0.1) is 6.58 Å². The van der Waals surface area contributed by atoms with Gasteiger partial charge in [-0.3, -0.25) is 9.59 Å². The molecule has 21 heavy (non-hydrogen) atoms. The molecule has 0 amide bonds. The highest BCUT2D eigenvalue weighted by atomic mass is 32.1. The van der Waals surface area contributed by atoms with Gasteiger partial charge in [0, 0.05) is 11.8 Å². The molecule has 4 atom stereocenters. The summed E-state index contributed by atoms with van der Waals surface area (Å²) in [6.07, 6.45) is 0.0794.